The molecule has 1 aliphatic rings. The highest BCUT2D eigenvalue weighted by Crippen LogP contribution is 2.29. The number of hydrogen-bond donors (Lipinski definition) is 0. The fourth-order valence-corrected chi connectivity index (χ4v) is 2.32. The number of rotatable bonds is 1. The van der Waals surface area contributed by atoms with Crippen molar-refractivity contribution in [1.29, 1.82) is 0 Å². The molecule has 0 atom stereocenters. The van der Waals surface area contributed by atoms with E-state index in [0.717, 1.165) is 15.9 Å². The summed E-state index contributed by atoms with van der Waals surface area (Å²) in [6.07, 6.45) is 0. The normalized spacial score (nSPS) is 14.1. The van der Waals surface area contributed by atoms with Gasteiger partial charge in [0.25, 0.3) is 0 Å². The van der Waals surface area contributed by atoms with Crippen LogP contribution in [0.2, 0.25) is 0 Å². The van der Waals surface area contributed by atoms with Crippen molar-refractivity contribution in [3.05, 3.63) is 45.9 Å². The summed E-state index contributed by atoms with van der Waals surface area (Å²) in [5.74, 6) is -0.267. The molecule has 0 radical (unpaired) electrons. The van der Waals surface area contributed by atoms with Gasteiger partial charge >= 0.3 is 0 Å². The van der Waals surface area contributed by atoms with Crippen LogP contribution < -0.4 is 0 Å². The first-order valence-corrected chi connectivity index (χ1v) is 5.65. The van der Waals surface area contributed by atoms with Gasteiger partial charge in [0.2, 0.25) is 0 Å². The van der Waals surface area contributed by atoms with Gasteiger partial charge in [0.05, 0.1) is 24.6 Å². The third-order valence-electron chi connectivity index (χ3n) is 2.58. The number of fused-ring (bicyclic) bond motifs is 1. The summed E-state index contributed by atoms with van der Waals surface area (Å²) >= 11 is 3.38. The van der Waals surface area contributed by atoms with Crippen LogP contribution in [0.1, 0.15) is 11.3 Å². The molecule has 0 bridgehead atoms. The standard InChI is InChI=1S/C11H8BrFN2O/c12-11-9-5-16-6-10(9)15(14-11)8-3-1-2-7(13)4-8/h1-4H,5-6H2. The minimum atomic E-state index is -0.267. The Balaban J connectivity index is 2.17. The molecular formula is C11H8BrFN2O. The Morgan fingerprint density at radius 3 is 3.06 bits per heavy atom. The van der Waals surface area contributed by atoms with Crippen molar-refractivity contribution in [2.24, 2.45) is 0 Å². The van der Waals surface area contributed by atoms with Crippen molar-refractivity contribution < 1.29 is 9.13 Å². The van der Waals surface area contributed by atoms with E-state index in [1.165, 1.54) is 12.1 Å². The van der Waals surface area contributed by atoms with Crippen LogP contribution in [-0.2, 0) is 18.0 Å². The molecule has 1 aromatic carbocycles. The second kappa shape index (κ2) is 3.68. The lowest BCUT2D eigenvalue weighted by Crippen LogP contribution is -2.01. The van der Waals surface area contributed by atoms with Gasteiger partial charge in [-0.3, -0.25) is 0 Å². The van der Waals surface area contributed by atoms with E-state index in [0.29, 0.717) is 18.9 Å². The van der Waals surface area contributed by atoms with E-state index >= 15 is 0 Å². The number of aromatic nitrogens is 2. The van der Waals surface area contributed by atoms with Crippen LogP contribution in [0.3, 0.4) is 0 Å². The van der Waals surface area contributed by atoms with Gasteiger partial charge in [-0.2, -0.15) is 5.10 Å². The summed E-state index contributed by atoms with van der Waals surface area (Å²) in [7, 11) is 0. The highest BCUT2D eigenvalue weighted by atomic mass is 79.9. The van der Waals surface area contributed by atoms with Crippen molar-refractivity contribution in [1.82, 2.24) is 9.78 Å². The number of ether oxygens (including phenoxy) is 1. The van der Waals surface area contributed by atoms with Gasteiger partial charge in [-0.15, -0.1) is 0 Å². The number of hydrogen-bond acceptors (Lipinski definition) is 2. The van der Waals surface area contributed by atoms with Crippen LogP contribution in [0.25, 0.3) is 5.69 Å². The molecule has 3 nitrogen and oxygen atoms in total. The van der Waals surface area contributed by atoms with Gasteiger partial charge in [0.15, 0.2) is 0 Å². The zero-order chi connectivity index (χ0) is 11.1. The Bertz CT molecular complexity index is 553. The summed E-state index contributed by atoms with van der Waals surface area (Å²) in [4.78, 5) is 0. The molecule has 0 saturated heterocycles. The summed E-state index contributed by atoms with van der Waals surface area (Å²) in [5.41, 5.74) is 2.74. The molecule has 0 fully saturated rings. The highest BCUT2D eigenvalue weighted by Gasteiger charge is 2.22. The molecule has 1 aromatic heterocycles. The van der Waals surface area contributed by atoms with Crippen LogP contribution in [0.15, 0.2) is 28.9 Å². The van der Waals surface area contributed by atoms with Gasteiger partial charge in [-0.05, 0) is 34.1 Å². The minimum Gasteiger partial charge on any atom is -0.370 e. The molecule has 0 spiro atoms. The zero-order valence-electron chi connectivity index (χ0n) is 8.28. The molecule has 0 N–H and O–H groups in total. The lowest BCUT2D eigenvalue weighted by atomic mass is 10.2. The van der Waals surface area contributed by atoms with E-state index in [9.17, 15) is 4.39 Å². The first-order valence-electron chi connectivity index (χ1n) is 4.85. The predicted octanol–water partition coefficient (Wildman–Crippen LogP) is 2.80. The fourth-order valence-electron chi connectivity index (χ4n) is 1.82. The summed E-state index contributed by atoms with van der Waals surface area (Å²) in [6.45, 7) is 1.08. The van der Waals surface area contributed by atoms with Gasteiger partial charge in [0.1, 0.15) is 10.4 Å². The third kappa shape index (κ3) is 1.47. The molecule has 2 aromatic rings. The van der Waals surface area contributed by atoms with Crippen LogP contribution in [0.4, 0.5) is 4.39 Å². The summed E-state index contributed by atoms with van der Waals surface area (Å²) in [5, 5.41) is 4.33. The van der Waals surface area contributed by atoms with Crippen molar-refractivity contribution >= 4 is 15.9 Å². The molecule has 3 rings (SSSR count). The van der Waals surface area contributed by atoms with Gasteiger partial charge in [-0.25, -0.2) is 9.07 Å². The monoisotopic (exact) mass is 282 g/mol. The molecule has 0 amide bonds. The highest BCUT2D eigenvalue weighted by molar-refractivity contribution is 9.10. The van der Waals surface area contributed by atoms with E-state index in [1.807, 2.05) is 6.07 Å². The Morgan fingerprint density at radius 1 is 1.38 bits per heavy atom. The van der Waals surface area contributed by atoms with Gasteiger partial charge < -0.3 is 4.74 Å². The zero-order valence-corrected chi connectivity index (χ0v) is 9.87. The van der Waals surface area contributed by atoms with E-state index < -0.39 is 0 Å². The second-order valence-corrected chi connectivity index (χ2v) is 4.35. The quantitative estimate of drug-likeness (QED) is 0.804. The molecule has 2 heterocycles. The lowest BCUT2D eigenvalue weighted by molar-refractivity contribution is 0.130. The van der Waals surface area contributed by atoms with Gasteiger partial charge in [0, 0.05) is 5.56 Å². The van der Waals surface area contributed by atoms with Crippen LogP contribution in [0, 0.1) is 5.82 Å². The maximum Gasteiger partial charge on any atom is 0.134 e. The van der Waals surface area contributed by atoms with Gasteiger partial charge in [-0.1, -0.05) is 6.07 Å². The first-order chi connectivity index (χ1) is 7.75. The second-order valence-electron chi connectivity index (χ2n) is 3.60. The fraction of sp³-hybridized carbons (Fsp3) is 0.182. The van der Waals surface area contributed by atoms with E-state index in [2.05, 4.69) is 21.0 Å². The average molecular weight is 283 g/mol. The van der Waals surface area contributed by atoms with Crippen LogP contribution >= 0.6 is 15.9 Å². The number of halogens is 2. The number of nitrogens with zero attached hydrogens (tertiary/aromatic N) is 2. The van der Waals surface area contributed by atoms with Crippen LogP contribution in [0.5, 0.6) is 0 Å². The Kier molecular flexibility index (Phi) is 2.29. The molecule has 1 aliphatic heterocycles. The topological polar surface area (TPSA) is 27.1 Å². The van der Waals surface area contributed by atoms with Crippen molar-refractivity contribution in [2.75, 3.05) is 0 Å². The van der Waals surface area contributed by atoms with Crippen molar-refractivity contribution in [3.8, 4) is 5.69 Å². The largest absolute Gasteiger partial charge is 0.370 e. The van der Waals surface area contributed by atoms with Crippen molar-refractivity contribution in [3.63, 3.8) is 0 Å². The predicted molar refractivity (Wildman–Crippen MR) is 59.7 cm³/mol. The van der Waals surface area contributed by atoms with E-state index in [-0.39, 0.29) is 5.82 Å². The Hall–Kier alpha value is -1.20. The maximum atomic E-state index is 13.1. The van der Waals surface area contributed by atoms with E-state index in [1.54, 1.807) is 10.7 Å². The minimum absolute atomic E-state index is 0.267. The Labute approximate surface area is 100.0 Å². The molecule has 0 unspecified atom stereocenters. The summed E-state index contributed by atoms with van der Waals surface area (Å²) in [6, 6.07) is 6.36. The lowest BCUT2D eigenvalue weighted by Gasteiger charge is -2.04. The maximum absolute atomic E-state index is 13.1. The molecule has 5 heteroatoms. The molecular weight excluding hydrogens is 275 g/mol. The SMILES string of the molecule is Fc1cccc(-n2nc(Br)c3c2COC3)c1. The van der Waals surface area contributed by atoms with Crippen LogP contribution in [-0.4, -0.2) is 9.78 Å². The van der Waals surface area contributed by atoms with Crippen molar-refractivity contribution in [2.45, 2.75) is 13.2 Å². The smallest absolute Gasteiger partial charge is 0.134 e. The third-order valence-corrected chi connectivity index (χ3v) is 3.22. The molecule has 16 heavy (non-hydrogen) atoms. The first kappa shape index (κ1) is 9.99. The number of benzene rings is 1. The average Bonchev–Trinajstić information content (AvgIpc) is 2.83. The van der Waals surface area contributed by atoms with E-state index in [4.69, 9.17) is 4.74 Å². The Morgan fingerprint density at radius 2 is 2.25 bits per heavy atom. The molecule has 82 valence electrons. The summed E-state index contributed by atoms with van der Waals surface area (Å²) < 4.78 is 21.0. The molecule has 0 aliphatic carbocycles. The molecule has 0 saturated carbocycles.